The molecule has 1 heterocycles. The molecule has 0 atom stereocenters. The molecule has 0 amide bonds. The minimum absolute atomic E-state index is 0.0274. The van der Waals surface area contributed by atoms with E-state index in [1.807, 2.05) is 24.3 Å². The highest BCUT2D eigenvalue weighted by Gasteiger charge is 2.32. The lowest BCUT2D eigenvalue weighted by atomic mass is 9.76. The maximum Gasteiger partial charge on any atom is 0.234 e. The van der Waals surface area contributed by atoms with Crippen LogP contribution in [0.25, 0.3) is 21.6 Å². The van der Waals surface area contributed by atoms with Gasteiger partial charge in [-0.25, -0.2) is 0 Å². The number of rotatable bonds is 6. The zero-order valence-electron chi connectivity index (χ0n) is 20.0. The van der Waals surface area contributed by atoms with Crippen LogP contribution in [-0.2, 0) is 10.8 Å². The number of Topliss-reactive ketones (excluding diaryl/α,β-unsaturated/α-hetero) is 2. The molecule has 1 aliphatic rings. The van der Waals surface area contributed by atoms with Crippen molar-refractivity contribution in [1.29, 1.82) is 0 Å². The third-order valence-corrected chi connectivity index (χ3v) is 8.62. The number of thiophene rings is 1. The Labute approximate surface area is 195 Å². The highest BCUT2D eigenvalue weighted by Crippen LogP contribution is 2.41. The van der Waals surface area contributed by atoms with Crippen LogP contribution in [-0.4, -0.2) is 11.6 Å². The maximum absolute atomic E-state index is 13.1. The summed E-state index contributed by atoms with van der Waals surface area (Å²) < 4.78 is 0. The molecule has 4 rings (SSSR count). The van der Waals surface area contributed by atoms with Crippen molar-refractivity contribution in [3.05, 3.63) is 70.1 Å². The van der Waals surface area contributed by atoms with Gasteiger partial charge in [-0.05, 0) is 70.2 Å². The number of benzene rings is 2. The SMILES string of the molecule is CCCC(C)(C)c1ccc2c(c1)C(=O)C(=O)c1cc(-c3ccc(C(C)(C)CC)s3)ccc1-2. The van der Waals surface area contributed by atoms with Crippen LogP contribution in [0, 0.1) is 0 Å². The molecule has 0 aliphatic heterocycles. The van der Waals surface area contributed by atoms with Crippen molar-refractivity contribution in [2.24, 2.45) is 0 Å². The van der Waals surface area contributed by atoms with Gasteiger partial charge in [0.25, 0.3) is 0 Å². The normalized spacial score (nSPS) is 13.8. The van der Waals surface area contributed by atoms with Gasteiger partial charge in [0, 0.05) is 20.9 Å². The summed E-state index contributed by atoms with van der Waals surface area (Å²) in [5.74, 6) is -0.789. The zero-order valence-corrected chi connectivity index (χ0v) is 20.8. The quantitative estimate of drug-likeness (QED) is 0.359. The predicted octanol–water partition coefficient (Wildman–Crippen LogP) is 8.23. The summed E-state index contributed by atoms with van der Waals surface area (Å²) in [7, 11) is 0. The molecule has 3 aromatic rings. The number of carbonyl (C=O) groups is 2. The summed E-state index contributed by atoms with van der Waals surface area (Å²) in [6, 6.07) is 16.4. The summed E-state index contributed by atoms with van der Waals surface area (Å²) in [5.41, 5.74) is 5.00. The van der Waals surface area contributed by atoms with Crippen LogP contribution in [0.2, 0.25) is 0 Å². The van der Waals surface area contributed by atoms with Crippen LogP contribution < -0.4 is 0 Å². The third kappa shape index (κ3) is 3.77. The van der Waals surface area contributed by atoms with Gasteiger partial charge < -0.3 is 0 Å². The first-order valence-electron chi connectivity index (χ1n) is 11.6. The average molecular weight is 445 g/mol. The van der Waals surface area contributed by atoms with Crippen LogP contribution in [0.1, 0.15) is 92.0 Å². The standard InChI is InChI=1S/C29H32O2S/c1-7-15-29(5,6)19-10-12-21-20-11-9-18(16-22(20)26(30)27(31)23(21)17-19)24-13-14-25(32-24)28(3,4)8-2/h9-14,16-17H,7-8,15H2,1-6H3. The van der Waals surface area contributed by atoms with Crippen LogP contribution in [0.3, 0.4) is 0 Å². The fourth-order valence-electron chi connectivity index (χ4n) is 4.55. The zero-order chi connectivity index (χ0) is 23.3. The predicted molar refractivity (Wildman–Crippen MR) is 135 cm³/mol. The number of hydrogen-bond donors (Lipinski definition) is 0. The second-order valence-corrected chi connectivity index (χ2v) is 11.3. The van der Waals surface area contributed by atoms with Crippen molar-refractivity contribution in [1.82, 2.24) is 0 Å². The van der Waals surface area contributed by atoms with E-state index in [0.29, 0.717) is 11.1 Å². The van der Waals surface area contributed by atoms with Gasteiger partial charge in [-0.2, -0.15) is 0 Å². The van der Waals surface area contributed by atoms with E-state index in [-0.39, 0.29) is 10.8 Å². The van der Waals surface area contributed by atoms with Gasteiger partial charge in [0.2, 0.25) is 11.6 Å². The molecule has 2 aromatic carbocycles. The highest BCUT2D eigenvalue weighted by atomic mass is 32.1. The summed E-state index contributed by atoms with van der Waals surface area (Å²) in [6.07, 6.45) is 3.17. The Hall–Kier alpha value is -2.52. The van der Waals surface area contributed by atoms with Gasteiger partial charge >= 0.3 is 0 Å². The fraction of sp³-hybridized carbons (Fsp3) is 0.379. The van der Waals surface area contributed by atoms with Crippen molar-refractivity contribution in [2.75, 3.05) is 0 Å². The molecule has 0 radical (unpaired) electrons. The second-order valence-electron chi connectivity index (χ2n) is 10.2. The van der Waals surface area contributed by atoms with Crippen molar-refractivity contribution in [3.63, 3.8) is 0 Å². The first-order chi connectivity index (χ1) is 15.1. The largest absolute Gasteiger partial charge is 0.285 e. The molecule has 32 heavy (non-hydrogen) atoms. The monoisotopic (exact) mass is 444 g/mol. The van der Waals surface area contributed by atoms with Gasteiger partial charge in [-0.1, -0.05) is 72.2 Å². The van der Waals surface area contributed by atoms with E-state index in [0.717, 1.165) is 46.4 Å². The van der Waals surface area contributed by atoms with Crippen LogP contribution >= 0.6 is 11.3 Å². The molecule has 0 bridgehead atoms. The third-order valence-electron chi connectivity index (χ3n) is 7.12. The Morgan fingerprint density at radius 2 is 1.34 bits per heavy atom. The molecule has 1 aromatic heterocycles. The van der Waals surface area contributed by atoms with E-state index in [1.165, 1.54) is 4.88 Å². The number of fused-ring (bicyclic) bond motifs is 3. The van der Waals surface area contributed by atoms with E-state index in [9.17, 15) is 9.59 Å². The van der Waals surface area contributed by atoms with Gasteiger partial charge in [0.1, 0.15) is 0 Å². The summed E-state index contributed by atoms with van der Waals surface area (Å²) in [6.45, 7) is 13.3. The minimum Gasteiger partial charge on any atom is -0.285 e. The van der Waals surface area contributed by atoms with E-state index in [4.69, 9.17) is 0 Å². The van der Waals surface area contributed by atoms with Gasteiger partial charge in [-0.3, -0.25) is 9.59 Å². The van der Waals surface area contributed by atoms with Crippen molar-refractivity contribution >= 4 is 22.9 Å². The molecule has 0 unspecified atom stereocenters. The fourth-order valence-corrected chi connectivity index (χ4v) is 5.73. The Bertz CT molecular complexity index is 1210. The molecule has 0 N–H and O–H groups in total. The molecule has 1 aliphatic carbocycles. The molecule has 0 spiro atoms. The van der Waals surface area contributed by atoms with Crippen molar-refractivity contribution in [2.45, 2.75) is 71.6 Å². The van der Waals surface area contributed by atoms with Crippen LogP contribution in [0.5, 0.6) is 0 Å². The average Bonchev–Trinajstić information content (AvgIpc) is 3.28. The molecular weight excluding hydrogens is 412 g/mol. The van der Waals surface area contributed by atoms with Crippen molar-refractivity contribution < 1.29 is 9.59 Å². The molecule has 3 heteroatoms. The summed E-state index contributed by atoms with van der Waals surface area (Å²) in [4.78, 5) is 28.7. The lowest BCUT2D eigenvalue weighted by molar-refractivity contribution is 0.0815. The smallest absolute Gasteiger partial charge is 0.234 e. The van der Waals surface area contributed by atoms with E-state index in [1.54, 1.807) is 11.3 Å². The Balaban J connectivity index is 1.78. The number of ketones is 2. The molecule has 166 valence electrons. The number of carbonyl (C=O) groups excluding carboxylic acids is 2. The summed E-state index contributed by atoms with van der Waals surface area (Å²) in [5, 5.41) is 0. The van der Waals surface area contributed by atoms with Gasteiger partial charge in [0.05, 0.1) is 0 Å². The molecular formula is C29H32O2S. The Morgan fingerprint density at radius 3 is 1.97 bits per heavy atom. The van der Waals surface area contributed by atoms with Gasteiger partial charge in [0.15, 0.2) is 0 Å². The molecule has 2 nitrogen and oxygen atoms in total. The molecule has 0 saturated carbocycles. The first kappa shape index (κ1) is 22.7. The highest BCUT2D eigenvalue weighted by molar-refractivity contribution is 7.15. The second kappa shape index (κ2) is 8.12. The van der Waals surface area contributed by atoms with Gasteiger partial charge in [-0.15, -0.1) is 11.3 Å². The van der Waals surface area contributed by atoms with Crippen LogP contribution in [0.4, 0.5) is 0 Å². The van der Waals surface area contributed by atoms with E-state index >= 15 is 0 Å². The topological polar surface area (TPSA) is 34.1 Å². The lowest BCUT2D eigenvalue weighted by Gasteiger charge is -2.27. The Kier molecular flexibility index (Phi) is 5.75. The molecule has 0 fully saturated rings. The Morgan fingerprint density at radius 1 is 0.719 bits per heavy atom. The van der Waals surface area contributed by atoms with E-state index < -0.39 is 11.6 Å². The molecule has 0 saturated heterocycles. The summed E-state index contributed by atoms with van der Waals surface area (Å²) >= 11 is 1.77. The van der Waals surface area contributed by atoms with Crippen LogP contribution in [0.15, 0.2) is 48.5 Å². The maximum atomic E-state index is 13.1. The lowest BCUT2D eigenvalue weighted by Crippen LogP contribution is -2.23. The first-order valence-corrected chi connectivity index (χ1v) is 12.4. The van der Waals surface area contributed by atoms with Crippen molar-refractivity contribution in [3.8, 4) is 21.6 Å². The van der Waals surface area contributed by atoms with E-state index in [2.05, 4.69) is 65.8 Å². The number of hydrogen-bond acceptors (Lipinski definition) is 3. The minimum atomic E-state index is -0.398.